The van der Waals surface area contributed by atoms with E-state index in [1.165, 1.54) is 17.4 Å². The van der Waals surface area contributed by atoms with Crippen molar-refractivity contribution in [1.82, 2.24) is 0 Å². The van der Waals surface area contributed by atoms with Crippen molar-refractivity contribution >= 4 is 51.5 Å². The van der Waals surface area contributed by atoms with Gasteiger partial charge in [0, 0.05) is 4.88 Å². The first-order valence-electron chi connectivity index (χ1n) is 7.96. The number of thiophene rings is 1. The van der Waals surface area contributed by atoms with E-state index in [9.17, 15) is 15.3 Å². The molecule has 7 heteroatoms. The zero-order valence-corrected chi connectivity index (χ0v) is 15.9. The number of nitrogens with zero attached hydrogens (tertiary/aromatic N) is 2. The molecule has 0 saturated heterocycles. The van der Waals surface area contributed by atoms with Crippen molar-refractivity contribution in [2.45, 2.75) is 25.7 Å². The van der Waals surface area contributed by atoms with E-state index < -0.39 is 5.91 Å². The Morgan fingerprint density at radius 2 is 1.96 bits per heavy atom. The van der Waals surface area contributed by atoms with Crippen molar-refractivity contribution in [2.75, 3.05) is 5.32 Å². The summed E-state index contributed by atoms with van der Waals surface area (Å²) in [6.45, 7) is 0. The standard InChI is InChI=1S/C19H13Cl2N3OS/c20-15-6-5-11(8-16(15)21)7-12(9-22)18(25)24-19-14(10-23)13-3-1-2-4-17(13)26-19/h5-8H,1-4H2,(H,24,25)/b12-7+. The van der Waals surface area contributed by atoms with Gasteiger partial charge < -0.3 is 5.32 Å². The molecule has 130 valence electrons. The number of hydrogen-bond acceptors (Lipinski definition) is 4. The van der Waals surface area contributed by atoms with Gasteiger partial charge in [0.2, 0.25) is 0 Å². The lowest BCUT2D eigenvalue weighted by atomic mass is 9.96. The lowest BCUT2D eigenvalue weighted by molar-refractivity contribution is -0.112. The van der Waals surface area contributed by atoms with Crippen LogP contribution < -0.4 is 5.32 Å². The minimum atomic E-state index is -0.548. The van der Waals surface area contributed by atoms with Crippen LogP contribution in [0.2, 0.25) is 10.0 Å². The van der Waals surface area contributed by atoms with E-state index in [-0.39, 0.29) is 5.57 Å². The molecule has 1 aliphatic carbocycles. The molecule has 0 spiro atoms. The van der Waals surface area contributed by atoms with Crippen molar-refractivity contribution in [3.63, 3.8) is 0 Å². The van der Waals surface area contributed by atoms with Gasteiger partial charge in [-0.3, -0.25) is 4.79 Å². The maximum absolute atomic E-state index is 12.5. The van der Waals surface area contributed by atoms with Crippen LogP contribution in [-0.2, 0) is 17.6 Å². The summed E-state index contributed by atoms with van der Waals surface area (Å²) in [5, 5.41) is 22.8. The van der Waals surface area contributed by atoms with Gasteiger partial charge in [-0.05, 0) is 55.0 Å². The molecule has 1 aliphatic rings. The Kier molecular flexibility index (Phi) is 5.64. The highest BCUT2D eigenvalue weighted by Crippen LogP contribution is 2.37. The fraction of sp³-hybridized carbons (Fsp3) is 0.211. The van der Waals surface area contributed by atoms with E-state index in [0.717, 1.165) is 36.1 Å². The quantitative estimate of drug-likeness (QED) is 0.555. The number of carbonyl (C=O) groups is 1. The van der Waals surface area contributed by atoms with Gasteiger partial charge in [-0.25, -0.2) is 0 Å². The molecule has 3 rings (SSSR count). The molecule has 1 N–H and O–H groups in total. The van der Waals surface area contributed by atoms with E-state index in [4.69, 9.17) is 23.2 Å². The molecule has 26 heavy (non-hydrogen) atoms. The first kappa shape index (κ1) is 18.5. The van der Waals surface area contributed by atoms with Crippen LogP contribution in [0.4, 0.5) is 5.00 Å². The number of fused-ring (bicyclic) bond motifs is 1. The average molecular weight is 402 g/mol. The fourth-order valence-corrected chi connectivity index (χ4v) is 4.40. The number of carbonyl (C=O) groups excluding carboxylic acids is 1. The molecule has 0 radical (unpaired) electrons. The number of halogens is 2. The Morgan fingerprint density at radius 1 is 1.19 bits per heavy atom. The first-order valence-corrected chi connectivity index (χ1v) is 9.53. The first-order chi connectivity index (χ1) is 12.5. The van der Waals surface area contributed by atoms with E-state index >= 15 is 0 Å². The third-order valence-corrected chi connectivity index (χ3v) is 6.08. The van der Waals surface area contributed by atoms with Gasteiger partial charge in [0.15, 0.2) is 0 Å². The number of hydrogen-bond donors (Lipinski definition) is 1. The molecule has 0 bridgehead atoms. The zero-order chi connectivity index (χ0) is 18.7. The number of aryl methyl sites for hydroxylation is 1. The number of nitriles is 2. The SMILES string of the molecule is N#C/C(=C\c1ccc(Cl)c(Cl)c1)C(=O)Nc1sc2c(c1C#N)CCCC2. The highest BCUT2D eigenvalue weighted by molar-refractivity contribution is 7.16. The van der Waals surface area contributed by atoms with Crippen molar-refractivity contribution < 1.29 is 4.79 Å². The van der Waals surface area contributed by atoms with Crippen LogP contribution in [0.5, 0.6) is 0 Å². The third-order valence-electron chi connectivity index (χ3n) is 4.13. The van der Waals surface area contributed by atoms with E-state index in [1.54, 1.807) is 18.2 Å². The molecule has 4 nitrogen and oxygen atoms in total. The number of amides is 1. The van der Waals surface area contributed by atoms with E-state index in [0.29, 0.717) is 26.2 Å². The van der Waals surface area contributed by atoms with Gasteiger partial charge >= 0.3 is 0 Å². The highest BCUT2D eigenvalue weighted by Gasteiger charge is 2.22. The van der Waals surface area contributed by atoms with Gasteiger partial charge in [-0.15, -0.1) is 11.3 Å². The summed E-state index contributed by atoms with van der Waals surface area (Å²) in [7, 11) is 0. The largest absolute Gasteiger partial charge is 0.312 e. The number of benzene rings is 1. The normalized spacial score (nSPS) is 13.5. The van der Waals surface area contributed by atoms with Crippen molar-refractivity contribution in [2.24, 2.45) is 0 Å². The van der Waals surface area contributed by atoms with E-state index in [2.05, 4.69) is 11.4 Å². The van der Waals surface area contributed by atoms with Gasteiger partial charge in [-0.1, -0.05) is 29.3 Å². The highest BCUT2D eigenvalue weighted by atomic mass is 35.5. The lowest BCUT2D eigenvalue weighted by Crippen LogP contribution is -2.13. The summed E-state index contributed by atoms with van der Waals surface area (Å²) < 4.78 is 0. The smallest absolute Gasteiger partial charge is 0.266 e. The molecule has 1 heterocycles. The van der Waals surface area contributed by atoms with Gasteiger partial charge in [-0.2, -0.15) is 10.5 Å². The molecule has 0 saturated carbocycles. The zero-order valence-electron chi connectivity index (χ0n) is 13.6. The minimum absolute atomic E-state index is 0.0707. The number of anilines is 1. The fourth-order valence-electron chi connectivity index (χ4n) is 2.86. The lowest BCUT2D eigenvalue weighted by Gasteiger charge is -2.09. The second-order valence-electron chi connectivity index (χ2n) is 5.82. The Hall–Kier alpha value is -2.31. The monoisotopic (exact) mass is 401 g/mol. The maximum atomic E-state index is 12.5. The second-order valence-corrected chi connectivity index (χ2v) is 7.74. The Labute approximate surface area is 165 Å². The number of rotatable bonds is 3. The van der Waals surface area contributed by atoms with Crippen LogP contribution in [0, 0.1) is 22.7 Å². The Morgan fingerprint density at radius 3 is 2.65 bits per heavy atom. The predicted octanol–water partition coefficient (Wildman–Crippen LogP) is 5.35. The Balaban J connectivity index is 1.88. The molecule has 0 unspecified atom stereocenters. The summed E-state index contributed by atoms with van der Waals surface area (Å²) in [5.41, 5.74) is 2.08. The molecular weight excluding hydrogens is 389 g/mol. The summed E-state index contributed by atoms with van der Waals surface area (Å²) in [6.07, 6.45) is 5.36. The second kappa shape index (κ2) is 7.93. The third kappa shape index (κ3) is 3.76. The summed E-state index contributed by atoms with van der Waals surface area (Å²) in [6, 6.07) is 8.94. The van der Waals surface area contributed by atoms with Crippen LogP contribution >= 0.6 is 34.5 Å². The van der Waals surface area contributed by atoms with Gasteiger partial charge in [0.1, 0.15) is 22.7 Å². The number of nitrogens with one attached hydrogen (secondary N) is 1. The molecule has 2 aromatic rings. The summed E-state index contributed by atoms with van der Waals surface area (Å²) in [4.78, 5) is 13.7. The predicted molar refractivity (Wildman–Crippen MR) is 104 cm³/mol. The van der Waals surface area contributed by atoms with Crippen LogP contribution in [-0.4, -0.2) is 5.91 Å². The topological polar surface area (TPSA) is 76.7 Å². The summed E-state index contributed by atoms with van der Waals surface area (Å²) >= 11 is 13.3. The van der Waals surface area contributed by atoms with Crippen molar-refractivity contribution in [3.05, 3.63) is 55.4 Å². The molecule has 1 amide bonds. The molecule has 1 aromatic heterocycles. The average Bonchev–Trinajstić information content (AvgIpc) is 2.99. The van der Waals surface area contributed by atoms with Gasteiger partial charge in [0.05, 0.1) is 15.6 Å². The van der Waals surface area contributed by atoms with Crippen LogP contribution in [0.15, 0.2) is 23.8 Å². The minimum Gasteiger partial charge on any atom is -0.312 e. The van der Waals surface area contributed by atoms with Crippen LogP contribution in [0.25, 0.3) is 6.08 Å². The van der Waals surface area contributed by atoms with Crippen LogP contribution in [0.3, 0.4) is 0 Å². The van der Waals surface area contributed by atoms with Crippen molar-refractivity contribution in [1.29, 1.82) is 10.5 Å². The van der Waals surface area contributed by atoms with Crippen LogP contribution in [0.1, 0.15) is 34.4 Å². The van der Waals surface area contributed by atoms with Crippen molar-refractivity contribution in [3.8, 4) is 12.1 Å². The Bertz CT molecular complexity index is 995. The molecule has 1 aromatic carbocycles. The maximum Gasteiger partial charge on any atom is 0.266 e. The van der Waals surface area contributed by atoms with E-state index in [1.807, 2.05) is 6.07 Å². The summed E-state index contributed by atoms with van der Waals surface area (Å²) in [5.74, 6) is -0.548. The molecular formula is C19H13Cl2N3OS. The molecule has 0 aliphatic heterocycles. The molecule has 0 atom stereocenters. The molecule has 0 fully saturated rings. The van der Waals surface area contributed by atoms with Gasteiger partial charge in [0.25, 0.3) is 5.91 Å².